The predicted octanol–water partition coefficient (Wildman–Crippen LogP) is 0.898. The molecule has 0 aliphatic rings. The van der Waals surface area contributed by atoms with E-state index in [9.17, 15) is 9.59 Å². The molecule has 4 N–H and O–H groups in total. The summed E-state index contributed by atoms with van der Waals surface area (Å²) in [5, 5.41) is 5.27. The predicted molar refractivity (Wildman–Crippen MR) is 66.9 cm³/mol. The quantitative estimate of drug-likeness (QED) is 0.709. The molecule has 0 aliphatic carbocycles. The Morgan fingerprint density at radius 1 is 1.24 bits per heavy atom. The summed E-state index contributed by atoms with van der Waals surface area (Å²) in [5.74, 6) is 0.117. The summed E-state index contributed by atoms with van der Waals surface area (Å²) in [6.45, 7) is 2.39. The van der Waals surface area contributed by atoms with Crippen LogP contribution in [0.2, 0.25) is 0 Å². The van der Waals surface area contributed by atoms with Crippen LogP contribution in [-0.2, 0) is 11.2 Å². The molecular formula is C12H17N3O2. The van der Waals surface area contributed by atoms with Crippen LogP contribution in [0.1, 0.15) is 12.5 Å². The van der Waals surface area contributed by atoms with Crippen LogP contribution in [0.25, 0.3) is 0 Å². The van der Waals surface area contributed by atoms with E-state index < -0.39 is 0 Å². The topological polar surface area (TPSA) is 84.2 Å². The Bertz CT molecular complexity index is 387. The van der Waals surface area contributed by atoms with Crippen LogP contribution in [0.3, 0.4) is 0 Å². The van der Waals surface area contributed by atoms with Gasteiger partial charge in [0.05, 0.1) is 0 Å². The Labute approximate surface area is 100 Å². The van der Waals surface area contributed by atoms with Crippen LogP contribution in [0.4, 0.5) is 10.5 Å². The van der Waals surface area contributed by atoms with Gasteiger partial charge in [-0.1, -0.05) is 12.1 Å². The van der Waals surface area contributed by atoms with Gasteiger partial charge >= 0.3 is 6.03 Å². The second kappa shape index (κ2) is 6.65. The van der Waals surface area contributed by atoms with Gasteiger partial charge in [0.1, 0.15) is 5.78 Å². The Hall–Kier alpha value is -1.88. The standard InChI is InChI=1S/C12H17N3O2/c1-9(16)8-10-2-4-11(5-3-10)15-12(17)14-7-6-13/h2-5H,6-8,13H2,1H3,(H2,14,15,17). The highest BCUT2D eigenvalue weighted by Crippen LogP contribution is 2.10. The molecule has 0 radical (unpaired) electrons. The summed E-state index contributed by atoms with van der Waals surface area (Å²) in [4.78, 5) is 22.2. The van der Waals surface area contributed by atoms with E-state index >= 15 is 0 Å². The van der Waals surface area contributed by atoms with Crippen molar-refractivity contribution in [1.29, 1.82) is 0 Å². The molecule has 0 fully saturated rings. The van der Waals surface area contributed by atoms with E-state index in [1.165, 1.54) is 0 Å². The minimum absolute atomic E-state index is 0.117. The van der Waals surface area contributed by atoms with Gasteiger partial charge in [0, 0.05) is 25.2 Å². The summed E-state index contributed by atoms with van der Waals surface area (Å²) in [7, 11) is 0. The number of nitrogens with one attached hydrogen (secondary N) is 2. The van der Waals surface area contributed by atoms with Gasteiger partial charge in [0.15, 0.2) is 0 Å². The number of ketones is 1. The number of Topliss-reactive ketones (excluding diaryl/α,β-unsaturated/α-hetero) is 1. The second-order valence-corrected chi connectivity index (χ2v) is 3.75. The fraction of sp³-hybridized carbons (Fsp3) is 0.333. The van der Waals surface area contributed by atoms with E-state index in [0.29, 0.717) is 25.2 Å². The molecule has 0 unspecified atom stereocenters. The first kappa shape index (κ1) is 13.2. The van der Waals surface area contributed by atoms with Crippen molar-refractivity contribution < 1.29 is 9.59 Å². The van der Waals surface area contributed by atoms with Crippen molar-refractivity contribution in [3.63, 3.8) is 0 Å². The lowest BCUT2D eigenvalue weighted by atomic mass is 10.1. The largest absolute Gasteiger partial charge is 0.337 e. The molecule has 0 atom stereocenters. The zero-order valence-electron chi connectivity index (χ0n) is 9.82. The molecule has 2 amide bonds. The number of amides is 2. The molecule has 0 saturated heterocycles. The van der Waals surface area contributed by atoms with Crippen molar-refractivity contribution in [3.8, 4) is 0 Å². The zero-order chi connectivity index (χ0) is 12.7. The highest BCUT2D eigenvalue weighted by atomic mass is 16.2. The molecule has 1 rings (SSSR count). The highest BCUT2D eigenvalue weighted by molar-refractivity contribution is 5.89. The van der Waals surface area contributed by atoms with Crippen LogP contribution >= 0.6 is 0 Å². The van der Waals surface area contributed by atoms with Crippen LogP contribution in [0.5, 0.6) is 0 Å². The molecule has 0 aromatic heterocycles. The Morgan fingerprint density at radius 3 is 2.41 bits per heavy atom. The highest BCUT2D eigenvalue weighted by Gasteiger charge is 2.01. The molecule has 0 heterocycles. The number of benzene rings is 1. The number of rotatable bonds is 5. The number of hydrogen-bond donors (Lipinski definition) is 3. The van der Waals surface area contributed by atoms with Gasteiger partial charge in [-0.25, -0.2) is 4.79 Å². The number of carbonyl (C=O) groups excluding carboxylic acids is 2. The first-order chi connectivity index (χ1) is 8.11. The van der Waals surface area contributed by atoms with Crippen LogP contribution in [0.15, 0.2) is 24.3 Å². The third-order valence-electron chi connectivity index (χ3n) is 2.09. The number of nitrogens with two attached hydrogens (primary N) is 1. The third kappa shape index (κ3) is 5.12. The average Bonchev–Trinajstić information content (AvgIpc) is 2.28. The molecular weight excluding hydrogens is 218 g/mol. The van der Waals surface area contributed by atoms with Gasteiger partial charge in [-0.05, 0) is 24.6 Å². The summed E-state index contributed by atoms with van der Waals surface area (Å²) < 4.78 is 0. The lowest BCUT2D eigenvalue weighted by molar-refractivity contribution is -0.116. The maximum Gasteiger partial charge on any atom is 0.319 e. The molecule has 92 valence electrons. The molecule has 0 bridgehead atoms. The minimum Gasteiger partial charge on any atom is -0.337 e. The smallest absolute Gasteiger partial charge is 0.319 e. The zero-order valence-corrected chi connectivity index (χ0v) is 9.82. The van der Waals surface area contributed by atoms with Gasteiger partial charge in [-0.3, -0.25) is 4.79 Å². The van der Waals surface area contributed by atoms with Gasteiger partial charge in [-0.15, -0.1) is 0 Å². The number of urea groups is 1. The van der Waals surface area contributed by atoms with Crippen molar-refractivity contribution in [2.45, 2.75) is 13.3 Å². The number of carbonyl (C=O) groups is 2. The molecule has 5 nitrogen and oxygen atoms in total. The van der Waals surface area contributed by atoms with Crippen molar-refractivity contribution >= 4 is 17.5 Å². The van der Waals surface area contributed by atoms with E-state index in [-0.39, 0.29) is 11.8 Å². The maximum absolute atomic E-state index is 11.3. The Kier molecular flexibility index (Phi) is 5.16. The molecule has 1 aromatic rings. The van der Waals surface area contributed by atoms with E-state index in [1.807, 2.05) is 12.1 Å². The Balaban J connectivity index is 2.50. The average molecular weight is 235 g/mol. The van der Waals surface area contributed by atoms with Gasteiger partial charge in [0.25, 0.3) is 0 Å². The number of hydrogen-bond acceptors (Lipinski definition) is 3. The minimum atomic E-state index is -0.283. The fourth-order valence-corrected chi connectivity index (χ4v) is 1.35. The van der Waals surface area contributed by atoms with Crippen LogP contribution in [-0.4, -0.2) is 24.9 Å². The first-order valence-corrected chi connectivity index (χ1v) is 5.45. The Morgan fingerprint density at radius 2 is 1.88 bits per heavy atom. The molecule has 0 saturated carbocycles. The van der Waals surface area contributed by atoms with Crippen molar-refractivity contribution in [2.24, 2.45) is 5.73 Å². The lowest BCUT2D eigenvalue weighted by Gasteiger charge is -2.07. The van der Waals surface area contributed by atoms with Gasteiger partial charge < -0.3 is 16.4 Å². The van der Waals surface area contributed by atoms with E-state index in [4.69, 9.17) is 5.73 Å². The molecule has 0 aliphatic heterocycles. The molecule has 1 aromatic carbocycles. The maximum atomic E-state index is 11.3. The van der Waals surface area contributed by atoms with Crippen molar-refractivity contribution in [3.05, 3.63) is 29.8 Å². The molecule has 17 heavy (non-hydrogen) atoms. The second-order valence-electron chi connectivity index (χ2n) is 3.75. The van der Waals surface area contributed by atoms with Gasteiger partial charge in [0.2, 0.25) is 0 Å². The van der Waals surface area contributed by atoms with E-state index in [2.05, 4.69) is 10.6 Å². The molecule has 0 spiro atoms. The third-order valence-corrected chi connectivity index (χ3v) is 2.09. The summed E-state index contributed by atoms with van der Waals surface area (Å²) >= 11 is 0. The van der Waals surface area contributed by atoms with Crippen LogP contribution < -0.4 is 16.4 Å². The van der Waals surface area contributed by atoms with E-state index in [0.717, 1.165) is 5.56 Å². The van der Waals surface area contributed by atoms with Crippen molar-refractivity contribution in [2.75, 3.05) is 18.4 Å². The first-order valence-electron chi connectivity index (χ1n) is 5.45. The summed E-state index contributed by atoms with van der Waals surface area (Å²) in [6, 6.07) is 6.88. The SMILES string of the molecule is CC(=O)Cc1ccc(NC(=O)NCCN)cc1. The number of anilines is 1. The van der Waals surface area contributed by atoms with Crippen molar-refractivity contribution in [1.82, 2.24) is 5.32 Å². The van der Waals surface area contributed by atoms with Gasteiger partial charge in [-0.2, -0.15) is 0 Å². The summed E-state index contributed by atoms with van der Waals surface area (Å²) in [6.07, 6.45) is 0.416. The normalized spacial score (nSPS) is 9.76. The fourth-order valence-electron chi connectivity index (χ4n) is 1.35. The van der Waals surface area contributed by atoms with E-state index in [1.54, 1.807) is 19.1 Å². The van der Waals surface area contributed by atoms with Crippen LogP contribution in [0, 0.1) is 0 Å². The monoisotopic (exact) mass is 235 g/mol. The molecule has 5 heteroatoms. The lowest BCUT2D eigenvalue weighted by Crippen LogP contribution is -2.32. The summed E-state index contributed by atoms with van der Waals surface area (Å²) in [5.41, 5.74) is 6.88.